The van der Waals surface area contributed by atoms with E-state index in [0.717, 1.165) is 23.3 Å². The van der Waals surface area contributed by atoms with Crippen LogP contribution in [0.25, 0.3) is 5.57 Å². The summed E-state index contributed by atoms with van der Waals surface area (Å²) >= 11 is 0. The lowest BCUT2D eigenvalue weighted by molar-refractivity contribution is -0.688. The normalized spacial score (nSPS) is 13.3. The lowest BCUT2D eigenvalue weighted by Crippen LogP contribution is -2.34. The van der Waals surface area contributed by atoms with Gasteiger partial charge in [0, 0.05) is 17.2 Å². The van der Waals surface area contributed by atoms with Crippen molar-refractivity contribution in [2.75, 3.05) is 6.54 Å². The maximum absolute atomic E-state index is 4.10. The van der Waals surface area contributed by atoms with E-state index in [-0.39, 0.29) is 0 Å². The summed E-state index contributed by atoms with van der Waals surface area (Å²) in [6.07, 6.45) is 27.8. The highest BCUT2D eigenvalue weighted by atomic mass is 15.0. The van der Waals surface area contributed by atoms with E-state index in [2.05, 4.69) is 85.9 Å². The first-order valence-electron chi connectivity index (χ1n) is 10.0. The van der Waals surface area contributed by atoms with Crippen LogP contribution in [0.2, 0.25) is 0 Å². The molecule has 0 aromatic carbocycles. The molecule has 154 valence electrons. The Morgan fingerprint density at radius 1 is 1.07 bits per heavy atom. The Balaban J connectivity index is 3.21. The van der Waals surface area contributed by atoms with Gasteiger partial charge < -0.3 is 0 Å². The van der Waals surface area contributed by atoms with Gasteiger partial charge in [-0.2, -0.15) is 0 Å². The van der Waals surface area contributed by atoms with Crippen molar-refractivity contribution in [3.8, 4) is 0 Å². The Hall–Kier alpha value is -3.52. The van der Waals surface area contributed by atoms with Crippen LogP contribution in [0.3, 0.4) is 0 Å². The molecule has 0 spiro atoms. The minimum absolute atomic E-state index is 0.651. The van der Waals surface area contributed by atoms with Gasteiger partial charge in [-0.25, -0.2) is 9.14 Å². The molecule has 0 aliphatic carbocycles. The third kappa shape index (κ3) is 9.11. The van der Waals surface area contributed by atoms with Crippen LogP contribution in [-0.2, 0) is 6.54 Å². The van der Waals surface area contributed by atoms with Gasteiger partial charge in [0.05, 0.1) is 11.1 Å². The first kappa shape index (κ1) is 24.5. The van der Waals surface area contributed by atoms with Gasteiger partial charge in [0.1, 0.15) is 0 Å². The Labute approximate surface area is 182 Å². The highest BCUT2D eigenvalue weighted by Gasteiger charge is 2.10. The molecule has 2 heteroatoms. The molecule has 0 N–H and O–H groups in total. The Kier molecular flexibility index (Phi) is 11.8. The van der Waals surface area contributed by atoms with Crippen LogP contribution in [0.5, 0.6) is 0 Å². The van der Waals surface area contributed by atoms with E-state index >= 15 is 0 Å². The van der Waals surface area contributed by atoms with Crippen molar-refractivity contribution < 1.29 is 9.14 Å². The van der Waals surface area contributed by atoms with Crippen LogP contribution in [0.4, 0.5) is 0 Å². The standard InChI is InChI=1S/C28H34N2/c1-7-12-16-25(6)21-29(19-10-4)23-27(11-5)28-18-14-20-30(24-28)22-26(15-9-3)17-13-8-2/h7-20,23-24H,1,4-6,21-22H2,2-3H3/q+2/b13-8-,15-9-,16-12-,26-17+,27-23+,29-19?. The largest absolute Gasteiger partial charge is 0.200 e. The van der Waals surface area contributed by atoms with E-state index in [9.17, 15) is 0 Å². The summed E-state index contributed by atoms with van der Waals surface area (Å²) in [5.74, 6) is 0. The third-order valence-corrected chi connectivity index (χ3v) is 4.12. The SMILES string of the molecule is C=CC=[N+](/C=C(\C=C)c1ccc[n+](CC(/C=C\C)=C/C=C\C)c1)CC(=C)/C=C\C=C. The smallest absolute Gasteiger partial charge is 0.177 e. The summed E-state index contributed by atoms with van der Waals surface area (Å²) in [6, 6.07) is 4.15. The van der Waals surface area contributed by atoms with Gasteiger partial charge in [-0.05, 0) is 26.0 Å². The average Bonchev–Trinajstić information content (AvgIpc) is 2.74. The van der Waals surface area contributed by atoms with Crippen molar-refractivity contribution in [2.24, 2.45) is 0 Å². The van der Waals surface area contributed by atoms with Crippen LogP contribution < -0.4 is 4.57 Å². The van der Waals surface area contributed by atoms with E-state index in [4.69, 9.17) is 0 Å². The Morgan fingerprint density at radius 3 is 2.50 bits per heavy atom. The molecular formula is C28H34N2+2. The maximum Gasteiger partial charge on any atom is 0.177 e. The van der Waals surface area contributed by atoms with Crippen molar-refractivity contribution in [1.82, 2.24) is 0 Å². The topological polar surface area (TPSA) is 6.89 Å². The van der Waals surface area contributed by atoms with Crippen molar-refractivity contribution in [1.29, 1.82) is 0 Å². The van der Waals surface area contributed by atoms with Crippen LogP contribution in [0.15, 0.2) is 129 Å². The molecule has 0 radical (unpaired) electrons. The Bertz CT molecular complexity index is 931. The van der Waals surface area contributed by atoms with Crippen LogP contribution in [0.1, 0.15) is 19.4 Å². The van der Waals surface area contributed by atoms with Crippen LogP contribution in [-0.4, -0.2) is 17.3 Å². The summed E-state index contributed by atoms with van der Waals surface area (Å²) < 4.78 is 4.23. The molecule has 30 heavy (non-hydrogen) atoms. The lowest BCUT2D eigenvalue weighted by atomic mass is 10.1. The monoisotopic (exact) mass is 398 g/mol. The number of rotatable bonds is 12. The van der Waals surface area contributed by atoms with Crippen molar-refractivity contribution >= 4 is 11.8 Å². The van der Waals surface area contributed by atoms with Gasteiger partial charge in [-0.1, -0.05) is 81.0 Å². The minimum atomic E-state index is 0.651. The summed E-state index contributed by atoms with van der Waals surface area (Å²) in [6.45, 7) is 21.1. The molecule has 1 aromatic heterocycles. The zero-order valence-electron chi connectivity index (χ0n) is 18.4. The second-order valence-corrected chi connectivity index (χ2v) is 6.63. The highest BCUT2D eigenvalue weighted by molar-refractivity contribution is 5.72. The molecule has 0 saturated carbocycles. The molecule has 0 unspecified atom stereocenters. The van der Waals surface area contributed by atoms with Gasteiger partial charge in [-0.15, -0.1) is 0 Å². The summed E-state index contributed by atoms with van der Waals surface area (Å²) in [5.41, 5.74) is 4.32. The van der Waals surface area contributed by atoms with E-state index in [1.807, 2.05) is 48.9 Å². The molecule has 0 bridgehead atoms. The average molecular weight is 399 g/mol. The first-order valence-corrected chi connectivity index (χ1v) is 10.0. The predicted octanol–water partition coefficient (Wildman–Crippen LogP) is 6.15. The molecule has 0 fully saturated rings. The fourth-order valence-corrected chi connectivity index (χ4v) is 2.79. The molecule has 0 aliphatic rings. The number of nitrogens with zero attached hydrogens (tertiary/aromatic N) is 2. The van der Waals surface area contributed by atoms with Crippen molar-refractivity contribution in [2.45, 2.75) is 20.4 Å². The third-order valence-electron chi connectivity index (χ3n) is 4.12. The summed E-state index contributed by atoms with van der Waals surface area (Å²) in [7, 11) is 0. The van der Waals surface area contributed by atoms with Gasteiger partial charge in [0.15, 0.2) is 37.9 Å². The number of aromatic nitrogens is 1. The lowest BCUT2D eigenvalue weighted by Gasteiger charge is -2.04. The molecule has 1 rings (SSSR count). The predicted molar refractivity (Wildman–Crippen MR) is 132 cm³/mol. The number of allylic oxidation sites excluding steroid dienone is 11. The number of hydrogen-bond donors (Lipinski definition) is 0. The summed E-state index contributed by atoms with van der Waals surface area (Å²) in [5, 5.41) is 0. The fourth-order valence-electron chi connectivity index (χ4n) is 2.79. The minimum Gasteiger partial charge on any atom is -0.200 e. The quantitative estimate of drug-likeness (QED) is 0.226. The first-order chi connectivity index (χ1) is 14.6. The van der Waals surface area contributed by atoms with Gasteiger partial charge in [-0.3, -0.25) is 0 Å². The van der Waals surface area contributed by atoms with E-state index < -0.39 is 0 Å². The molecule has 1 heterocycles. The molecule has 0 saturated heterocycles. The molecule has 0 amide bonds. The number of pyridine rings is 1. The second kappa shape index (κ2) is 14.5. The van der Waals surface area contributed by atoms with E-state index in [1.54, 1.807) is 12.2 Å². The molecular weight excluding hydrogens is 364 g/mol. The van der Waals surface area contributed by atoms with E-state index in [1.165, 1.54) is 5.57 Å². The van der Waals surface area contributed by atoms with Crippen LogP contribution >= 0.6 is 0 Å². The zero-order valence-corrected chi connectivity index (χ0v) is 18.4. The van der Waals surface area contributed by atoms with E-state index in [0.29, 0.717) is 6.54 Å². The van der Waals surface area contributed by atoms with Crippen molar-refractivity contribution in [3.05, 3.63) is 135 Å². The zero-order chi connectivity index (χ0) is 22.2. The number of hydrogen-bond acceptors (Lipinski definition) is 0. The van der Waals surface area contributed by atoms with Gasteiger partial charge in [0.25, 0.3) is 0 Å². The highest BCUT2D eigenvalue weighted by Crippen LogP contribution is 2.14. The van der Waals surface area contributed by atoms with Gasteiger partial charge in [0.2, 0.25) is 0 Å². The maximum atomic E-state index is 4.10. The molecule has 0 aliphatic heterocycles. The molecule has 0 atom stereocenters. The van der Waals surface area contributed by atoms with Crippen molar-refractivity contribution in [3.63, 3.8) is 0 Å². The van der Waals surface area contributed by atoms with Crippen LogP contribution in [0, 0.1) is 0 Å². The fraction of sp³-hybridized carbons (Fsp3) is 0.143. The Morgan fingerprint density at radius 2 is 1.87 bits per heavy atom. The second-order valence-electron chi connectivity index (χ2n) is 6.63. The van der Waals surface area contributed by atoms with Gasteiger partial charge >= 0.3 is 0 Å². The molecule has 2 nitrogen and oxygen atoms in total. The molecule has 1 aromatic rings. The summed E-state index contributed by atoms with van der Waals surface area (Å²) in [4.78, 5) is 0.